The Hall–Kier alpha value is -0.730. The number of hydrogen-bond donors (Lipinski definition) is 0. The summed E-state index contributed by atoms with van der Waals surface area (Å²) in [5.74, 6) is 0.523. The standard InChI is InChI=1S/C10H22N2O/c1-8(2)7-11(5)10(13)12(6)9(3)4/h8-9H,7H2,1-6H3. The summed E-state index contributed by atoms with van der Waals surface area (Å²) in [4.78, 5) is 15.2. The number of carbonyl (C=O) groups excluding carboxylic acids is 1. The Morgan fingerprint density at radius 3 is 1.92 bits per heavy atom. The molecule has 0 aliphatic heterocycles. The Labute approximate surface area is 81.7 Å². The van der Waals surface area contributed by atoms with Crippen molar-refractivity contribution in [2.45, 2.75) is 33.7 Å². The number of amides is 2. The van der Waals surface area contributed by atoms with Gasteiger partial charge in [0, 0.05) is 26.7 Å². The molecule has 0 atom stereocenters. The Morgan fingerprint density at radius 2 is 1.62 bits per heavy atom. The van der Waals surface area contributed by atoms with Gasteiger partial charge in [0.1, 0.15) is 0 Å². The average Bonchev–Trinajstić information content (AvgIpc) is 2.00. The monoisotopic (exact) mass is 186 g/mol. The van der Waals surface area contributed by atoms with Crippen LogP contribution < -0.4 is 0 Å². The Bertz CT molecular complexity index is 166. The lowest BCUT2D eigenvalue weighted by atomic mass is 10.2. The molecule has 0 saturated carbocycles. The van der Waals surface area contributed by atoms with E-state index >= 15 is 0 Å². The summed E-state index contributed by atoms with van der Waals surface area (Å²) in [7, 11) is 3.69. The maximum absolute atomic E-state index is 11.7. The SMILES string of the molecule is CC(C)CN(C)C(=O)N(C)C(C)C. The van der Waals surface area contributed by atoms with Crippen LogP contribution in [0.4, 0.5) is 4.79 Å². The van der Waals surface area contributed by atoms with Crippen molar-refractivity contribution >= 4 is 6.03 Å². The highest BCUT2D eigenvalue weighted by Gasteiger charge is 2.16. The molecule has 0 saturated heterocycles. The predicted molar refractivity (Wildman–Crippen MR) is 55.8 cm³/mol. The summed E-state index contributed by atoms with van der Waals surface area (Å²) >= 11 is 0. The average molecular weight is 186 g/mol. The van der Waals surface area contributed by atoms with Crippen LogP contribution in [0.1, 0.15) is 27.7 Å². The Kier molecular flexibility index (Phi) is 4.81. The van der Waals surface area contributed by atoms with Crippen molar-refractivity contribution in [1.82, 2.24) is 9.80 Å². The van der Waals surface area contributed by atoms with Gasteiger partial charge in [0.25, 0.3) is 0 Å². The molecule has 0 aliphatic rings. The molecule has 13 heavy (non-hydrogen) atoms. The highest BCUT2D eigenvalue weighted by atomic mass is 16.2. The molecule has 0 unspecified atom stereocenters. The molecule has 0 N–H and O–H groups in total. The molecule has 3 nitrogen and oxygen atoms in total. The van der Waals surface area contributed by atoms with E-state index in [1.165, 1.54) is 0 Å². The van der Waals surface area contributed by atoms with E-state index in [0.29, 0.717) is 5.92 Å². The second-order valence-electron chi connectivity index (χ2n) is 4.26. The van der Waals surface area contributed by atoms with Gasteiger partial charge in [0.2, 0.25) is 0 Å². The second-order valence-corrected chi connectivity index (χ2v) is 4.26. The van der Waals surface area contributed by atoms with Gasteiger partial charge in [-0.15, -0.1) is 0 Å². The first-order valence-corrected chi connectivity index (χ1v) is 4.84. The highest BCUT2D eigenvalue weighted by molar-refractivity contribution is 5.74. The van der Waals surface area contributed by atoms with Crippen LogP contribution in [0.5, 0.6) is 0 Å². The molecule has 0 aromatic carbocycles. The van der Waals surface area contributed by atoms with E-state index in [1.54, 1.807) is 9.80 Å². The first-order valence-electron chi connectivity index (χ1n) is 4.84. The van der Waals surface area contributed by atoms with Crippen LogP contribution in [0.2, 0.25) is 0 Å². The maximum Gasteiger partial charge on any atom is 0.319 e. The second kappa shape index (κ2) is 5.10. The van der Waals surface area contributed by atoms with Crippen LogP contribution in [0, 0.1) is 5.92 Å². The fraction of sp³-hybridized carbons (Fsp3) is 0.900. The van der Waals surface area contributed by atoms with Crippen molar-refractivity contribution in [2.75, 3.05) is 20.6 Å². The van der Waals surface area contributed by atoms with Gasteiger partial charge in [-0.3, -0.25) is 0 Å². The van der Waals surface area contributed by atoms with E-state index in [1.807, 2.05) is 27.9 Å². The number of urea groups is 1. The molecule has 3 heteroatoms. The summed E-state index contributed by atoms with van der Waals surface area (Å²) < 4.78 is 0. The highest BCUT2D eigenvalue weighted by Crippen LogP contribution is 2.02. The van der Waals surface area contributed by atoms with Gasteiger partial charge < -0.3 is 9.80 Å². The van der Waals surface area contributed by atoms with Gasteiger partial charge in [-0.2, -0.15) is 0 Å². The molecule has 0 aromatic rings. The number of carbonyl (C=O) groups is 1. The summed E-state index contributed by atoms with van der Waals surface area (Å²) in [6.45, 7) is 9.07. The fourth-order valence-electron chi connectivity index (χ4n) is 1.12. The van der Waals surface area contributed by atoms with E-state index in [0.717, 1.165) is 6.54 Å². The molecule has 2 amide bonds. The minimum absolute atomic E-state index is 0.101. The van der Waals surface area contributed by atoms with Crippen molar-refractivity contribution in [3.8, 4) is 0 Å². The topological polar surface area (TPSA) is 23.6 Å². The minimum Gasteiger partial charge on any atom is -0.327 e. The molecule has 0 aliphatic carbocycles. The van der Waals surface area contributed by atoms with Gasteiger partial charge >= 0.3 is 6.03 Å². The summed E-state index contributed by atoms with van der Waals surface area (Å²) in [6, 6.07) is 0.366. The van der Waals surface area contributed by atoms with E-state index in [-0.39, 0.29) is 12.1 Å². The van der Waals surface area contributed by atoms with E-state index in [2.05, 4.69) is 13.8 Å². The zero-order chi connectivity index (χ0) is 10.6. The van der Waals surface area contributed by atoms with Gasteiger partial charge in [0.05, 0.1) is 0 Å². The summed E-state index contributed by atoms with van der Waals surface area (Å²) in [5, 5.41) is 0. The maximum atomic E-state index is 11.7. The molecule has 0 fully saturated rings. The van der Waals surface area contributed by atoms with Crippen molar-refractivity contribution < 1.29 is 4.79 Å². The van der Waals surface area contributed by atoms with Gasteiger partial charge in [0.15, 0.2) is 0 Å². The fourth-order valence-corrected chi connectivity index (χ4v) is 1.12. The van der Waals surface area contributed by atoms with Crippen LogP contribution in [-0.2, 0) is 0 Å². The zero-order valence-corrected chi connectivity index (χ0v) is 9.66. The summed E-state index contributed by atoms with van der Waals surface area (Å²) in [5.41, 5.74) is 0. The molecular formula is C10H22N2O. The smallest absolute Gasteiger partial charge is 0.319 e. The first kappa shape index (κ1) is 12.3. The predicted octanol–water partition coefficient (Wildman–Crippen LogP) is 2.03. The van der Waals surface area contributed by atoms with E-state index < -0.39 is 0 Å². The molecule has 0 heterocycles. The Morgan fingerprint density at radius 1 is 1.15 bits per heavy atom. The lowest BCUT2D eigenvalue weighted by Gasteiger charge is -2.28. The van der Waals surface area contributed by atoms with Gasteiger partial charge in [-0.25, -0.2) is 4.79 Å². The molecular weight excluding hydrogens is 164 g/mol. The lowest BCUT2D eigenvalue weighted by molar-refractivity contribution is 0.158. The van der Waals surface area contributed by atoms with Crippen molar-refractivity contribution in [1.29, 1.82) is 0 Å². The third-order valence-electron chi connectivity index (χ3n) is 2.04. The third kappa shape index (κ3) is 4.15. The van der Waals surface area contributed by atoms with Crippen molar-refractivity contribution in [2.24, 2.45) is 5.92 Å². The van der Waals surface area contributed by atoms with Crippen LogP contribution in [0.25, 0.3) is 0 Å². The molecule has 0 aromatic heterocycles. The molecule has 0 radical (unpaired) electrons. The number of rotatable bonds is 3. The van der Waals surface area contributed by atoms with Gasteiger partial charge in [-0.05, 0) is 19.8 Å². The van der Waals surface area contributed by atoms with Crippen LogP contribution >= 0.6 is 0 Å². The van der Waals surface area contributed by atoms with Crippen LogP contribution in [0.15, 0.2) is 0 Å². The molecule has 0 bridgehead atoms. The summed E-state index contributed by atoms with van der Waals surface area (Å²) in [6.07, 6.45) is 0. The van der Waals surface area contributed by atoms with Crippen molar-refractivity contribution in [3.63, 3.8) is 0 Å². The largest absolute Gasteiger partial charge is 0.327 e. The third-order valence-corrected chi connectivity index (χ3v) is 2.04. The lowest BCUT2D eigenvalue weighted by Crippen LogP contribution is -2.43. The quantitative estimate of drug-likeness (QED) is 0.661. The first-order chi connectivity index (χ1) is 5.86. The zero-order valence-electron chi connectivity index (χ0n) is 9.66. The minimum atomic E-state index is 0.101. The Balaban J connectivity index is 4.09. The van der Waals surface area contributed by atoms with E-state index in [4.69, 9.17) is 0 Å². The van der Waals surface area contributed by atoms with Crippen LogP contribution in [0.3, 0.4) is 0 Å². The molecule has 78 valence electrons. The van der Waals surface area contributed by atoms with E-state index in [9.17, 15) is 4.79 Å². The van der Waals surface area contributed by atoms with Gasteiger partial charge in [-0.1, -0.05) is 13.8 Å². The van der Waals surface area contributed by atoms with Crippen molar-refractivity contribution in [3.05, 3.63) is 0 Å². The normalized spacial score (nSPS) is 10.8. The molecule has 0 rings (SSSR count). The molecule has 0 spiro atoms. The number of hydrogen-bond acceptors (Lipinski definition) is 1. The van der Waals surface area contributed by atoms with Crippen LogP contribution in [-0.4, -0.2) is 42.5 Å². The number of nitrogens with zero attached hydrogens (tertiary/aromatic N) is 2.